The number of anilines is 1. The minimum atomic E-state index is 0.660. The average molecular weight is 353 g/mol. The van der Waals surface area contributed by atoms with E-state index in [9.17, 15) is 0 Å². The maximum atomic E-state index is 5.44. The van der Waals surface area contributed by atoms with Gasteiger partial charge in [-0.25, -0.2) is 4.98 Å². The zero-order valence-electron chi connectivity index (χ0n) is 12.3. The normalized spacial score (nSPS) is 11.0. The molecule has 0 unspecified atom stereocenters. The van der Waals surface area contributed by atoms with E-state index < -0.39 is 0 Å². The molecule has 0 fully saturated rings. The van der Waals surface area contributed by atoms with Crippen LogP contribution in [0.15, 0.2) is 34.9 Å². The van der Waals surface area contributed by atoms with Gasteiger partial charge in [0.15, 0.2) is 0 Å². The van der Waals surface area contributed by atoms with Gasteiger partial charge in [-0.05, 0) is 25.0 Å². The lowest BCUT2D eigenvalue weighted by atomic mass is 10.1. The lowest BCUT2D eigenvalue weighted by molar-refractivity contribution is 0.0691. The number of nitrogens with zero attached hydrogens (tertiary/aromatic N) is 1. The molecule has 1 aromatic heterocycles. The van der Waals surface area contributed by atoms with E-state index in [1.165, 1.54) is 5.39 Å². The van der Waals surface area contributed by atoms with Gasteiger partial charge in [-0.2, -0.15) is 0 Å². The molecule has 0 aliphatic carbocycles. The number of fused-ring (bicyclic) bond motifs is 1. The first-order valence-electron chi connectivity index (χ1n) is 7.16. The van der Waals surface area contributed by atoms with Gasteiger partial charge in [-0.3, -0.25) is 0 Å². The molecule has 0 saturated carbocycles. The molecule has 5 heteroatoms. The number of unbranched alkanes of at least 4 members (excludes halogenated alkanes) is 1. The Bertz CT molecular complexity index is 563. The second-order valence-corrected chi connectivity index (χ2v) is 5.59. The molecular weight excluding hydrogens is 332 g/mol. The van der Waals surface area contributed by atoms with Crippen molar-refractivity contribution in [2.24, 2.45) is 0 Å². The van der Waals surface area contributed by atoms with Crippen molar-refractivity contribution in [1.82, 2.24) is 4.98 Å². The molecule has 114 valence electrons. The summed E-state index contributed by atoms with van der Waals surface area (Å²) in [6.07, 6.45) is 3.92. The van der Waals surface area contributed by atoms with Crippen LogP contribution in [0.5, 0.6) is 0 Å². The van der Waals surface area contributed by atoms with Crippen LogP contribution in [0.3, 0.4) is 0 Å². The Morgan fingerprint density at radius 2 is 2.00 bits per heavy atom. The van der Waals surface area contributed by atoms with Crippen LogP contribution in [-0.2, 0) is 9.47 Å². The van der Waals surface area contributed by atoms with Crippen LogP contribution in [0.2, 0.25) is 0 Å². The number of nitrogens with one attached hydrogen (secondary N) is 1. The lowest BCUT2D eigenvalue weighted by Gasteiger charge is -2.09. The Kier molecular flexibility index (Phi) is 6.92. The zero-order chi connectivity index (χ0) is 14.9. The minimum Gasteiger partial charge on any atom is -0.382 e. The van der Waals surface area contributed by atoms with E-state index in [4.69, 9.17) is 9.47 Å². The summed E-state index contributed by atoms with van der Waals surface area (Å²) in [6, 6.07) is 8.18. The van der Waals surface area contributed by atoms with E-state index in [0.29, 0.717) is 13.2 Å². The first kappa shape index (κ1) is 16.2. The standard InChI is InChI=1S/C16H21BrN2O2/c1-20-11-12-21-10-3-2-8-18-16-14-5-4-6-15(17)13(14)7-9-19-16/h4-7,9H,2-3,8,10-12H2,1H3,(H,18,19). The van der Waals surface area contributed by atoms with Gasteiger partial charge in [-0.15, -0.1) is 0 Å². The minimum absolute atomic E-state index is 0.660. The summed E-state index contributed by atoms with van der Waals surface area (Å²) < 4.78 is 11.5. The molecule has 0 spiro atoms. The van der Waals surface area contributed by atoms with Crippen LogP contribution < -0.4 is 5.32 Å². The Morgan fingerprint density at radius 3 is 2.86 bits per heavy atom. The number of rotatable bonds is 9. The number of ether oxygens (including phenoxy) is 2. The predicted octanol–water partition coefficient (Wildman–Crippen LogP) is 3.85. The highest BCUT2D eigenvalue weighted by atomic mass is 79.9. The Hall–Kier alpha value is -1.17. The van der Waals surface area contributed by atoms with Gasteiger partial charge in [-0.1, -0.05) is 28.1 Å². The van der Waals surface area contributed by atoms with E-state index in [1.54, 1.807) is 7.11 Å². The van der Waals surface area contributed by atoms with Crippen molar-refractivity contribution in [2.45, 2.75) is 12.8 Å². The molecule has 0 aliphatic heterocycles. The molecular formula is C16H21BrN2O2. The SMILES string of the molecule is COCCOCCCCNc1nccc2c(Br)cccc12. The molecule has 0 aliphatic rings. The monoisotopic (exact) mass is 352 g/mol. The molecule has 1 heterocycles. The fourth-order valence-electron chi connectivity index (χ4n) is 2.09. The van der Waals surface area contributed by atoms with Crippen LogP contribution in [-0.4, -0.2) is 38.5 Å². The fourth-order valence-corrected chi connectivity index (χ4v) is 2.59. The summed E-state index contributed by atoms with van der Waals surface area (Å²) in [7, 11) is 1.68. The third-order valence-electron chi connectivity index (χ3n) is 3.19. The van der Waals surface area contributed by atoms with Crippen molar-refractivity contribution < 1.29 is 9.47 Å². The van der Waals surface area contributed by atoms with E-state index in [-0.39, 0.29) is 0 Å². The van der Waals surface area contributed by atoms with E-state index in [2.05, 4.69) is 32.3 Å². The van der Waals surface area contributed by atoms with Gasteiger partial charge < -0.3 is 14.8 Å². The summed E-state index contributed by atoms with van der Waals surface area (Å²) in [6.45, 7) is 3.00. The van der Waals surface area contributed by atoms with Crippen LogP contribution in [0.1, 0.15) is 12.8 Å². The predicted molar refractivity (Wildman–Crippen MR) is 89.9 cm³/mol. The molecule has 0 atom stereocenters. The zero-order valence-corrected chi connectivity index (χ0v) is 13.9. The summed E-state index contributed by atoms with van der Waals surface area (Å²) in [4.78, 5) is 4.43. The van der Waals surface area contributed by atoms with E-state index in [0.717, 1.165) is 41.7 Å². The second-order valence-electron chi connectivity index (χ2n) is 4.73. The van der Waals surface area contributed by atoms with Crippen molar-refractivity contribution in [2.75, 3.05) is 38.8 Å². The molecule has 0 bridgehead atoms. The fraction of sp³-hybridized carbons (Fsp3) is 0.438. The largest absolute Gasteiger partial charge is 0.382 e. The third-order valence-corrected chi connectivity index (χ3v) is 3.88. The number of halogens is 1. The van der Waals surface area contributed by atoms with E-state index in [1.807, 2.05) is 24.4 Å². The van der Waals surface area contributed by atoms with Crippen molar-refractivity contribution in [1.29, 1.82) is 0 Å². The number of pyridine rings is 1. The lowest BCUT2D eigenvalue weighted by Crippen LogP contribution is -2.07. The molecule has 0 radical (unpaired) electrons. The highest BCUT2D eigenvalue weighted by molar-refractivity contribution is 9.10. The summed E-state index contributed by atoms with van der Waals surface area (Å²) in [5.74, 6) is 0.939. The molecule has 1 N–H and O–H groups in total. The maximum absolute atomic E-state index is 5.44. The smallest absolute Gasteiger partial charge is 0.133 e. The van der Waals surface area contributed by atoms with Gasteiger partial charge >= 0.3 is 0 Å². The summed E-state index contributed by atoms with van der Waals surface area (Å²) >= 11 is 3.57. The average Bonchev–Trinajstić information content (AvgIpc) is 2.51. The third kappa shape index (κ3) is 4.95. The molecule has 1 aromatic carbocycles. The van der Waals surface area contributed by atoms with Crippen molar-refractivity contribution in [3.63, 3.8) is 0 Å². The second kappa shape index (κ2) is 8.97. The van der Waals surface area contributed by atoms with Crippen LogP contribution in [0.4, 0.5) is 5.82 Å². The van der Waals surface area contributed by atoms with Gasteiger partial charge in [0, 0.05) is 41.7 Å². The first-order chi connectivity index (χ1) is 10.3. The maximum Gasteiger partial charge on any atom is 0.133 e. The van der Waals surface area contributed by atoms with Gasteiger partial charge in [0.2, 0.25) is 0 Å². The highest BCUT2D eigenvalue weighted by Crippen LogP contribution is 2.27. The van der Waals surface area contributed by atoms with Crippen LogP contribution in [0, 0.1) is 0 Å². The van der Waals surface area contributed by atoms with Crippen molar-refractivity contribution in [3.05, 3.63) is 34.9 Å². The molecule has 2 rings (SSSR count). The number of benzene rings is 1. The Labute approximate surface area is 134 Å². The quantitative estimate of drug-likeness (QED) is 0.696. The molecule has 4 nitrogen and oxygen atoms in total. The molecule has 21 heavy (non-hydrogen) atoms. The topological polar surface area (TPSA) is 43.4 Å². The summed E-state index contributed by atoms with van der Waals surface area (Å²) in [5, 5.41) is 5.73. The van der Waals surface area contributed by atoms with Crippen molar-refractivity contribution in [3.8, 4) is 0 Å². The molecule has 2 aromatic rings. The van der Waals surface area contributed by atoms with Gasteiger partial charge in [0.25, 0.3) is 0 Å². The number of hydrogen-bond acceptors (Lipinski definition) is 4. The van der Waals surface area contributed by atoms with Gasteiger partial charge in [0.1, 0.15) is 5.82 Å². The van der Waals surface area contributed by atoms with Crippen LogP contribution in [0.25, 0.3) is 10.8 Å². The summed E-state index contributed by atoms with van der Waals surface area (Å²) in [5.41, 5.74) is 0. The molecule has 0 amide bonds. The number of hydrogen-bond donors (Lipinski definition) is 1. The van der Waals surface area contributed by atoms with Crippen LogP contribution >= 0.6 is 15.9 Å². The Balaban J connectivity index is 1.78. The van der Waals surface area contributed by atoms with Gasteiger partial charge in [0.05, 0.1) is 13.2 Å². The van der Waals surface area contributed by atoms with E-state index >= 15 is 0 Å². The number of aromatic nitrogens is 1. The highest BCUT2D eigenvalue weighted by Gasteiger charge is 2.03. The number of methoxy groups -OCH3 is 1. The molecule has 0 saturated heterocycles. The first-order valence-corrected chi connectivity index (χ1v) is 7.96. The Morgan fingerprint density at radius 1 is 1.10 bits per heavy atom. The van der Waals surface area contributed by atoms with Crippen molar-refractivity contribution >= 4 is 32.5 Å².